The summed E-state index contributed by atoms with van der Waals surface area (Å²) in [5.74, 6) is 0. The quantitative estimate of drug-likeness (QED) is 0.694. The van der Waals surface area contributed by atoms with Gasteiger partial charge in [0.1, 0.15) is 5.52 Å². The number of hydrogen-bond acceptors (Lipinski definition) is 3. The molecule has 0 amide bonds. The Labute approximate surface area is 87.8 Å². The number of anilines is 1. The van der Waals surface area contributed by atoms with Crippen LogP contribution in [0.2, 0.25) is 0 Å². The van der Waals surface area contributed by atoms with E-state index in [9.17, 15) is 4.79 Å². The number of rotatable bonds is 1. The van der Waals surface area contributed by atoms with E-state index in [1.165, 1.54) is 4.57 Å². The molecule has 1 aromatic heterocycles. The lowest BCUT2D eigenvalue weighted by molar-refractivity contribution is 0.842. The highest BCUT2D eigenvalue weighted by atomic mass is 16.1. The number of aryl methyl sites for hydroxylation is 1. The van der Waals surface area contributed by atoms with Gasteiger partial charge >= 0.3 is 0 Å². The molecule has 0 spiro atoms. The third-order valence-corrected chi connectivity index (χ3v) is 2.41. The maximum absolute atomic E-state index is 11.8. The Morgan fingerprint density at radius 2 is 2.07 bits per heavy atom. The van der Waals surface area contributed by atoms with Crippen LogP contribution in [0, 0.1) is 0 Å². The number of para-hydroxylation sites is 1. The SMILES string of the molecule is CN(C)c1cccc2c(=O)n(C)cnc12. The Bertz CT molecular complexity index is 557. The van der Waals surface area contributed by atoms with Crippen LogP contribution in [-0.4, -0.2) is 23.6 Å². The second-order valence-corrected chi connectivity index (χ2v) is 3.73. The molecule has 0 saturated heterocycles. The minimum atomic E-state index is -0.0105. The number of nitrogens with zero attached hydrogens (tertiary/aromatic N) is 3. The molecule has 0 aliphatic heterocycles. The number of hydrogen-bond donors (Lipinski definition) is 0. The van der Waals surface area contributed by atoms with Crippen molar-refractivity contribution in [2.75, 3.05) is 19.0 Å². The monoisotopic (exact) mass is 203 g/mol. The highest BCUT2D eigenvalue weighted by molar-refractivity contribution is 5.89. The van der Waals surface area contributed by atoms with Gasteiger partial charge < -0.3 is 9.47 Å². The molecule has 4 heteroatoms. The van der Waals surface area contributed by atoms with E-state index in [0.717, 1.165) is 11.2 Å². The molecule has 0 atom stereocenters. The van der Waals surface area contributed by atoms with Crippen LogP contribution in [0.15, 0.2) is 29.3 Å². The maximum Gasteiger partial charge on any atom is 0.260 e. The lowest BCUT2D eigenvalue weighted by Gasteiger charge is -2.14. The van der Waals surface area contributed by atoms with E-state index in [4.69, 9.17) is 0 Å². The van der Waals surface area contributed by atoms with E-state index in [2.05, 4.69) is 4.98 Å². The standard InChI is InChI=1S/C11H13N3O/c1-13(2)9-6-4-5-8-10(9)12-7-14(3)11(8)15/h4-7H,1-3H3. The third-order valence-electron chi connectivity index (χ3n) is 2.41. The van der Waals surface area contributed by atoms with Crippen molar-refractivity contribution in [3.8, 4) is 0 Å². The largest absolute Gasteiger partial charge is 0.376 e. The van der Waals surface area contributed by atoms with E-state index in [-0.39, 0.29) is 5.56 Å². The van der Waals surface area contributed by atoms with Crippen LogP contribution >= 0.6 is 0 Å². The minimum Gasteiger partial charge on any atom is -0.376 e. The summed E-state index contributed by atoms with van der Waals surface area (Å²) in [7, 11) is 5.58. The van der Waals surface area contributed by atoms with E-state index in [1.54, 1.807) is 19.4 Å². The first-order chi connectivity index (χ1) is 7.11. The van der Waals surface area contributed by atoms with Gasteiger partial charge in [-0.15, -0.1) is 0 Å². The van der Waals surface area contributed by atoms with Crippen molar-refractivity contribution < 1.29 is 0 Å². The molecular formula is C11H13N3O. The third kappa shape index (κ3) is 1.48. The highest BCUT2D eigenvalue weighted by Gasteiger charge is 2.07. The predicted molar refractivity (Wildman–Crippen MR) is 61.3 cm³/mol. The molecule has 15 heavy (non-hydrogen) atoms. The van der Waals surface area contributed by atoms with Crippen LogP contribution in [-0.2, 0) is 7.05 Å². The molecule has 0 bridgehead atoms. The fourth-order valence-electron chi connectivity index (χ4n) is 1.59. The Balaban J connectivity index is 2.90. The van der Waals surface area contributed by atoms with Crippen molar-refractivity contribution in [1.29, 1.82) is 0 Å². The Morgan fingerprint density at radius 1 is 1.33 bits per heavy atom. The lowest BCUT2D eigenvalue weighted by Crippen LogP contribution is -2.18. The molecule has 0 N–H and O–H groups in total. The molecule has 2 aromatic rings. The second-order valence-electron chi connectivity index (χ2n) is 3.73. The molecule has 4 nitrogen and oxygen atoms in total. The van der Waals surface area contributed by atoms with E-state index >= 15 is 0 Å². The summed E-state index contributed by atoms with van der Waals surface area (Å²) in [5, 5.41) is 0.659. The van der Waals surface area contributed by atoms with E-state index in [1.807, 2.05) is 31.1 Å². The molecule has 1 heterocycles. The van der Waals surface area contributed by atoms with Crippen LogP contribution in [0.25, 0.3) is 10.9 Å². The van der Waals surface area contributed by atoms with E-state index in [0.29, 0.717) is 5.39 Å². The Hall–Kier alpha value is -1.84. The molecule has 0 aliphatic carbocycles. The first-order valence-electron chi connectivity index (χ1n) is 4.73. The highest BCUT2D eigenvalue weighted by Crippen LogP contribution is 2.20. The summed E-state index contributed by atoms with van der Waals surface area (Å²) in [4.78, 5) is 18.0. The van der Waals surface area contributed by atoms with Gasteiger partial charge in [-0.05, 0) is 12.1 Å². The van der Waals surface area contributed by atoms with Crippen LogP contribution < -0.4 is 10.5 Å². The Morgan fingerprint density at radius 3 is 2.73 bits per heavy atom. The smallest absolute Gasteiger partial charge is 0.260 e. The molecule has 0 aliphatic rings. The molecule has 0 saturated carbocycles. The van der Waals surface area contributed by atoms with Gasteiger partial charge in [0.05, 0.1) is 17.4 Å². The molecular weight excluding hydrogens is 190 g/mol. The number of benzene rings is 1. The van der Waals surface area contributed by atoms with Crippen molar-refractivity contribution in [3.63, 3.8) is 0 Å². The van der Waals surface area contributed by atoms with Crippen molar-refractivity contribution in [2.45, 2.75) is 0 Å². The van der Waals surface area contributed by atoms with Gasteiger partial charge in [-0.2, -0.15) is 0 Å². The fourth-order valence-corrected chi connectivity index (χ4v) is 1.59. The zero-order valence-corrected chi connectivity index (χ0v) is 9.06. The maximum atomic E-state index is 11.8. The predicted octanol–water partition coefficient (Wildman–Crippen LogP) is 0.999. The first-order valence-corrected chi connectivity index (χ1v) is 4.73. The van der Waals surface area contributed by atoms with Crippen LogP contribution in [0.1, 0.15) is 0 Å². The molecule has 0 radical (unpaired) electrons. The normalized spacial score (nSPS) is 10.6. The van der Waals surface area contributed by atoms with Gasteiger partial charge in [0.25, 0.3) is 5.56 Å². The Kier molecular flexibility index (Phi) is 2.19. The topological polar surface area (TPSA) is 38.1 Å². The second kappa shape index (κ2) is 3.38. The van der Waals surface area contributed by atoms with Gasteiger partial charge in [0.15, 0.2) is 0 Å². The van der Waals surface area contributed by atoms with Gasteiger partial charge in [-0.25, -0.2) is 4.98 Å². The molecule has 0 unspecified atom stereocenters. The average molecular weight is 203 g/mol. The van der Waals surface area contributed by atoms with Gasteiger partial charge in [0.2, 0.25) is 0 Å². The fraction of sp³-hybridized carbons (Fsp3) is 0.273. The van der Waals surface area contributed by atoms with E-state index < -0.39 is 0 Å². The number of fused-ring (bicyclic) bond motifs is 1. The van der Waals surface area contributed by atoms with Crippen LogP contribution in [0.3, 0.4) is 0 Å². The summed E-state index contributed by atoms with van der Waals surface area (Å²) < 4.78 is 1.49. The van der Waals surface area contributed by atoms with Gasteiger partial charge in [-0.1, -0.05) is 6.07 Å². The molecule has 78 valence electrons. The zero-order valence-electron chi connectivity index (χ0n) is 9.06. The summed E-state index contributed by atoms with van der Waals surface area (Å²) >= 11 is 0. The molecule has 2 rings (SSSR count). The summed E-state index contributed by atoms with van der Waals surface area (Å²) in [5.41, 5.74) is 1.71. The van der Waals surface area contributed by atoms with Crippen LogP contribution in [0.4, 0.5) is 5.69 Å². The first kappa shape index (κ1) is 9.71. The summed E-state index contributed by atoms with van der Waals surface area (Å²) in [6.45, 7) is 0. The lowest BCUT2D eigenvalue weighted by atomic mass is 10.2. The van der Waals surface area contributed by atoms with Crippen LogP contribution in [0.5, 0.6) is 0 Å². The summed E-state index contributed by atoms with van der Waals surface area (Å²) in [6.07, 6.45) is 1.55. The minimum absolute atomic E-state index is 0.0105. The van der Waals surface area contributed by atoms with Crippen molar-refractivity contribution in [1.82, 2.24) is 9.55 Å². The van der Waals surface area contributed by atoms with Crippen molar-refractivity contribution >= 4 is 16.6 Å². The zero-order chi connectivity index (χ0) is 11.0. The number of aromatic nitrogens is 2. The molecule has 1 aromatic carbocycles. The van der Waals surface area contributed by atoms with Crippen molar-refractivity contribution in [3.05, 3.63) is 34.9 Å². The molecule has 0 fully saturated rings. The van der Waals surface area contributed by atoms with Gasteiger partial charge in [0, 0.05) is 21.1 Å². The van der Waals surface area contributed by atoms with Crippen molar-refractivity contribution in [2.24, 2.45) is 7.05 Å². The summed E-state index contributed by atoms with van der Waals surface area (Å²) in [6, 6.07) is 5.63. The van der Waals surface area contributed by atoms with Gasteiger partial charge in [-0.3, -0.25) is 4.79 Å². The average Bonchev–Trinajstić information content (AvgIpc) is 2.23.